The Morgan fingerprint density at radius 3 is 2.24 bits per heavy atom. The number of carbonyl (C=O) groups is 1. The van der Waals surface area contributed by atoms with E-state index in [9.17, 15) is 9.90 Å². The predicted molar refractivity (Wildman–Crippen MR) is 65.0 cm³/mol. The average molecular weight is 234 g/mol. The summed E-state index contributed by atoms with van der Waals surface area (Å²) in [5.74, 6) is -1.41. The van der Waals surface area contributed by atoms with Gasteiger partial charge in [0.15, 0.2) is 0 Å². The van der Waals surface area contributed by atoms with Crippen molar-refractivity contribution in [3.63, 3.8) is 0 Å². The van der Waals surface area contributed by atoms with Crippen LogP contribution < -0.4 is 0 Å². The molecule has 1 N–H and O–H groups in total. The van der Waals surface area contributed by atoms with Gasteiger partial charge in [-0.05, 0) is 11.0 Å². The first kappa shape index (κ1) is 12.1. The van der Waals surface area contributed by atoms with Crippen molar-refractivity contribution in [1.29, 1.82) is 0 Å². The molecule has 1 fully saturated rings. The highest BCUT2D eigenvalue weighted by Crippen LogP contribution is 2.53. The van der Waals surface area contributed by atoms with Crippen molar-refractivity contribution in [2.75, 3.05) is 6.61 Å². The first-order chi connectivity index (χ1) is 7.88. The van der Waals surface area contributed by atoms with Gasteiger partial charge in [0.05, 0.1) is 6.61 Å². The van der Waals surface area contributed by atoms with E-state index >= 15 is 0 Å². The second-order valence-corrected chi connectivity index (χ2v) is 5.61. The Bertz CT molecular complexity index is 413. The minimum atomic E-state index is -0.816. The lowest BCUT2D eigenvalue weighted by Crippen LogP contribution is -2.40. The molecule has 1 saturated heterocycles. The third-order valence-electron chi connectivity index (χ3n) is 3.57. The molecular formula is C14H18O3. The average Bonchev–Trinajstić information content (AvgIpc) is 2.99. The number of carboxylic acids is 1. The number of hydrogen-bond acceptors (Lipinski definition) is 2. The molecule has 0 saturated carbocycles. The summed E-state index contributed by atoms with van der Waals surface area (Å²) in [5, 5.41) is 9.49. The third-order valence-corrected chi connectivity index (χ3v) is 3.57. The molecule has 3 heteroatoms. The molecule has 0 aliphatic carbocycles. The minimum absolute atomic E-state index is 0.189. The van der Waals surface area contributed by atoms with Crippen LogP contribution in [-0.2, 0) is 9.53 Å². The molecule has 3 nitrogen and oxygen atoms in total. The van der Waals surface area contributed by atoms with E-state index in [4.69, 9.17) is 4.74 Å². The fraction of sp³-hybridized carbons (Fsp3) is 0.500. The zero-order valence-corrected chi connectivity index (χ0v) is 10.4. The number of benzene rings is 1. The van der Waals surface area contributed by atoms with E-state index in [2.05, 4.69) is 0 Å². The van der Waals surface area contributed by atoms with E-state index in [1.165, 1.54) is 0 Å². The van der Waals surface area contributed by atoms with Crippen molar-refractivity contribution in [2.45, 2.75) is 32.3 Å². The van der Waals surface area contributed by atoms with E-state index in [0.717, 1.165) is 5.56 Å². The van der Waals surface area contributed by atoms with Gasteiger partial charge >= 0.3 is 5.97 Å². The van der Waals surface area contributed by atoms with E-state index in [-0.39, 0.29) is 5.41 Å². The van der Waals surface area contributed by atoms with Gasteiger partial charge in [0.2, 0.25) is 0 Å². The van der Waals surface area contributed by atoms with Crippen LogP contribution in [0.25, 0.3) is 0 Å². The highest BCUT2D eigenvalue weighted by molar-refractivity contribution is 5.78. The maximum atomic E-state index is 11.6. The summed E-state index contributed by atoms with van der Waals surface area (Å²) in [6, 6.07) is 9.33. The number of epoxide rings is 1. The summed E-state index contributed by atoms with van der Waals surface area (Å²) in [5.41, 5.74) is 0.0546. The van der Waals surface area contributed by atoms with Gasteiger partial charge in [0.25, 0.3) is 0 Å². The zero-order valence-electron chi connectivity index (χ0n) is 10.4. The van der Waals surface area contributed by atoms with E-state index in [1.807, 2.05) is 51.1 Å². The minimum Gasteiger partial charge on any atom is -0.481 e. The number of carboxylic acid groups (broad SMARTS) is 1. The Balaban J connectivity index is 2.42. The lowest BCUT2D eigenvalue weighted by atomic mass is 9.70. The van der Waals surface area contributed by atoms with Gasteiger partial charge in [-0.2, -0.15) is 0 Å². The summed E-state index contributed by atoms with van der Waals surface area (Å²) in [7, 11) is 0. The molecule has 1 heterocycles. The predicted octanol–water partition coefficient (Wildman–Crippen LogP) is 2.67. The van der Waals surface area contributed by atoms with Crippen molar-refractivity contribution in [2.24, 2.45) is 5.41 Å². The molecule has 0 amide bonds. The Morgan fingerprint density at radius 1 is 1.35 bits per heavy atom. The Hall–Kier alpha value is -1.35. The maximum absolute atomic E-state index is 11.6. The molecule has 0 bridgehead atoms. The first-order valence-electron chi connectivity index (χ1n) is 5.80. The lowest BCUT2D eigenvalue weighted by Gasteiger charge is -2.32. The zero-order chi connectivity index (χ0) is 12.7. The molecule has 0 spiro atoms. The molecule has 1 aliphatic heterocycles. The Kier molecular flexibility index (Phi) is 2.74. The summed E-state index contributed by atoms with van der Waals surface area (Å²) < 4.78 is 5.56. The summed E-state index contributed by atoms with van der Waals surface area (Å²) >= 11 is 0. The smallest absolute Gasteiger partial charge is 0.314 e. The quantitative estimate of drug-likeness (QED) is 0.818. The van der Waals surface area contributed by atoms with Gasteiger partial charge < -0.3 is 9.84 Å². The fourth-order valence-electron chi connectivity index (χ4n) is 2.37. The molecule has 92 valence electrons. The van der Waals surface area contributed by atoms with Crippen LogP contribution in [0.1, 0.15) is 32.3 Å². The van der Waals surface area contributed by atoms with Crippen LogP contribution >= 0.6 is 0 Å². The van der Waals surface area contributed by atoms with Crippen LogP contribution in [0, 0.1) is 5.41 Å². The lowest BCUT2D eigenvalue weighted by molar-refractivity contribution is -0.142. The molecular weight excluding hydrogens is 216 g/mol. The largest absolute Gasteiger partial charge is 0.481 e. The normalized spacial score (nSPS) is 25.4. The van der Waals surface area contributed by atoms with Crippen molar-refractivity contribution in [3.8, 4) is 0 Å². The molecule has 1 aliphatic rings. The molecule has 0 radical (unpaired) electrons. The third kappa shape index (κ3) is 1.95. The summed E-state index contributed by atoms with van der Waals surface area (Å²) in [4.78, 5) is 11.6. The highest BCUT2D eigenvalue weighted by Gasteiger charge is 2.62. The second-order valence-electron chi connectivity index (χ2n) is 5.61. The molecule has 2 unspecified atom stereocenters. The molecule has 17 heavy (non-hydrogen) atoms. The van der Waals surface area contributed by atoms with Crippen LogP contribution in [0.5, 0.6) is 0 Å². The molecule has 2 rings (SSSR count). The fourth-order valence-corrected chi connectivity index (χ4v) is 2.37. The van der Waals surface area contributed by atoms with Crippen LogP contribution in [-0.4, -0.2) is 23.3 Å². The van der Waals surface area contributed by atoms with E-state index in [0.29, 0.717) is 6.61 Å². The Labute approximate surface area is 101 Å². The maximum Gasteiger partial charge on any atom is 0.314 e. The van der Waals surface area contributed by atoms with Gasteiger partial charge in [-0.1, -0.05) is 51.1 Å². The Morgan fingerprint density at radius 2 is 1.88 bits per heavy atom. The monoisotopic (exact) mass is 234 g/mol. The molecule has 0 aromatic heterocycles. The van der Waals surface area contributed by atoms with Crippen molar-refractivity contribution in [3.05, 3.63) is 35.9 Å². The van der Waals surface area contributed by atoms with Gasteiger partial charge in [-0.15, -0.1) is 0 Å². The molecule has 2 atom stereocenters. The van der Waals surface area contributed by atoms with Crippen LogP contribution in [0.4, 0.5) is 0 Å². The summed E-state index contributed by atoms with van der Waals surface area (Å²) in [6.45, 7) is 6.60. The van der Waals surface area contributed by atoms with Gasteiger partial charge in [-0.3, -0.25) is 4.79 Å². The standard InChI is InChI=1S/C14H18O3/c1-13(2,3)14(9-17-14)11(12(15)16)10-7-5-4-6-8-10/h4-8,11H,9H2,1-3H3,(H,15,16). The van der Waals surface area contributed by atoms with Crippen molar-refractivity contribution >= 4 is 5.97 Å². The topological polar surface area (TPSA) is 49.8 Å². The van der Waals surface area contributed by atoms with Crippen LogP contribution in [0.2, 0.25) is 0 Å². The first-order valence-corrected chi connectivity index (χ1v) is 5.80. The van der Waals surface area contributed by atoms with Gasteiger partial charge in [0, 0.05) is 0 Å². The highest BCUT2D eigenvalue weighted by atomic mass is 16.6. The van der Waals surface area contributed by atoms with Gasteiger partial charge in [-0.25, -0.2) is 0 Å². The van der Waals surface area contributed by atoms with Crippen LogP contribution in [0.3, 0.4) is 0 Å². The number of hydrogen-bond donors (Lipinski definition) is 1. The molecule has 1 aromatic rings. The number of rotatable bonds is 3. The van der Waals surface area contributed by atoms with Gasteiger partial charge in [0.1, 0.15) is 11.5 Å². The van der Waals surface area contributed by atoms with E-state index in [1.54, 1.807) is 0 Å². The molecule has 1 aromatic carbocycles. The van der Waals surface area contributed by atoms with Crippen LogP contribution in [0.15, 0.2) is 30.3 Å². The van der Waals surface area contributed by atoms with Crippen molar-refractivity contribution < 1.29 is 14.6 Å². The number of ether oxygens (including phenoxy) is 1. The van der Waals surface area contributed by atoms with E-state index < -0.39 is 17.5 Å². The van der Waals surface area contributed by atoms with Crippen molar-refractivity contribution in [1.82, 2.24) is 0 Å². The summed E-state index contributed by atoms with van der Waals surface area (Å²) in [6.07, 6.45) is 0. The second kappa shape index (κ2) is 3.84. The number of aliphatic carboxylic acids is 1. The SMILES string of the molecule is CC(C)(C)C1(C(C(=O)O)c2ccccc2)CO1.